The molecule has 0 spiro atoms. The lowest BCUT2D eigenvalue weighted by molar-refractivity contribution is 0.337. The molecule has 0 atom stereocenters. The van der Waals surface area contributed by atoms with Crippen LogP contribution in [0.3, 0.4) is 0 Å². The zero-order valence-electron chi connectivity index (χ0n) is 9.80. The standard InChI is InChI=1S/C11H16N6/c1-17(3-2-12)7-10-6-15-16-11(10)9-4-13-8-14-5-9/h4-6,8H,2-3,7,12H2,1H3,(H,15,16). The Morgan fingerprint density at radius 1 is 1.29 bits per heavy atom. The molecule has 6 heteroatoms. The summed E-state index contributed by atoms with van der Waals surface area (Å²) in [7, 11) is 2.03. The Labute approximate surface area is 99.9 Å². The van der Waals surface area contributed by atoms with E-state index in [1.165, 1.54) is 6.33 Å². The van der Waals surface area contributed by atoms with Gasteiger partial charge in [-0.2, -0.15) is 5.10 Å². The van der Waals surface area contributed by atoms with Gasteiger partial charge in [0.2, 0.25) is 0 Å². The summed E-state index contributed by atoms with van der Waals surface area (Å²) in [6.07, 6.45) is 6.88. The van der Waals surface area contributed by atoms with Crippen LogP contribution in [0.25, 0.3) is 11.3 Å². The molecule has 0 aliphatic rings. The highest BCUT2D eigenvalue weighted by molar-refractivity contribution is 5.60. The summed E-state index contributed by atoms with van der Waals surface area (Å²) in [6, 6.07) is 0. The third-order valence-electron chi connectivity index (χ3n) is 2.52. The molecule has 0 saturated carbocycles. The lowest BCUT2D eigenvalue weighted by atomic mass is 10.1. The highest BCUT2D eigenvalue weighted by atomic mass is 15.1. The Morgan fingerprint density at radius 2 is 2.06 bits per heavy atom. The van der Waals surface area contributed by atoms with Crippen LogP contribution >= 0.6 is 0 Å². The minimum absolute atomic E-state index is 0.651. The van der Waals surface area contributed by atoms with Gasteiger partial charge in [-0.25, -0.2) is 9.97 Å². The van der Waals surface area contributed by atoms with E-state index in [1.807, 2.05) is 13.2 Å². The van der Waals surface area contributed by atoms with Crippen molar-refractivity contribution in [1.29, 1.82) is 0 Å². The molecule has 0 fully saturated rings. The first-order valence-corrected chi connectivity index (χ1v) is 5.47. The number of aromatic amines is 1. The topological polar surface area (TPSA) is 83.7 Å². The summed E-state index contributed by atoms with van der Waals surface area (Å²) in [4.78, 5) is 10.2. The smallest absolute Gasteiger partial charge is 0.115 e. The highest BCUT2D eigenvalue weighted by Gasteiger charge is 2.09. The number of nitrogens with one attached hydrogen (secondary N) is 1. The summed E-state index contributed by atoms with van der Waals surface area (Å²) < 4.78 is 0. The fourth-order valence-corrected chi connectivity index (χ4v) is 1.70. The van der Waals surface area contributed by atoms with Crippen molar-refractivity contribution in [2.45, 2.75) is 6.54 Å². The first-order chi connectivity index (χ1) is 8.31. The quantitative estimate of drug-likeness (QED) is 0.772. The van der Waals surface area contributed by atoms with Crippen LogP contribution in [0.2, 0.25) is 0 Å². The molecule has 2 rings (SSSR count). The van der Waals surface area contributed by atoms with Crippen LogP contribution in [0.5, 0.6) is 0 Å². The van der Waals surface area contributed by atoms with Crippen LogP contribution in [-0.4, -0.2) is 45.2 Å². The van der Waals surface area contributed by atoms with E-state index in [0.29, 0.717) is 6.54 Å². The van der Waals surface area contributed by atoms with Crippen molar-refractivity contribution in [1.82, 2.24) is 25.1 Å². The number of rotatable bonds is 5. The maximum atomic E-state index is 5.52. The monoisotopic (exact) mass is 232 g/mol. The maximum absolute atomic E-state index is 5.52. The van der Waals surface area contributed by atoms with Gasteiger partial charge in [0.1, 0.15) is 6.33 Å². The molecule has 2 aromatic rings. The van der Waals surface area contributed by atoms with Crippen LogP contribution in [0.15, 0.2) is 24.9 Å². The minimum atomic E-state index is 0.651. The van der Waals surface area contributed by atoms with Gasteiger partial charge in [-0.15, -0.1) is 0 Å². The Hall–Kier alpha value is -1.79. The summed E-state index contributed by atoms with van der Waals surface area (Å²) in [5, 5.41) is 7.05. The second-order valence-corrected chi connectivity index (χ2v) is 3.92. The summed E-state index contributed by atoms with van der Waals surface area (Å²) >= 11 is 0. The van der Waals surface area contributed by atoms with E-state index in [9.17, 15) is 0 Å². The number of aromatic nitrogens is 4. The lowest BCUT2D eigenvalue weighted by Gasteiger charge is -2.14. The van der Waals surface area contributed by atoms with Gasteiger partial charge in [-0.3, -0.25) is 5.10 Å². The van der Waals surface area contributed by atoms with E-state index >= 15 is 0 Å². The summed E-state index contributed by atoms with van der Waals surface area (Å²) in [6.45, 7) is 2.31. The van der Waals surface area contributed by atoms with Gasteiger partial charge in [0.05, 0.1) is 11.9 Å². The highest BCUT2D eigenvalue weighted by Crippen LogP contribution is 2.19. The molecule has 0 unspecified atom stereocenters. The molecule has 0 bridgehead atoms. The molecule has 0 aliphatic carbocycles. The average Bonchev–Trinajstić information content (AvgIpc) is 2.78. The van der Waals surface area contributed by atoms with Gasteiger partial charge in [0.25, 0.3) is 0 Å². The molecular formula is C11H16N6. The van der Waals surface area contributed by atoms with Crippen molar-refractivity contribution in [3.05, 3.63) is 30.5 Å². The van der Waals surface area contributed by atoms with Crippen molar-refractivity contribution in [3.8, 4) is 11.3 Å². The molecule has 0 saturated heterocycles. The average molecular weight is 232 g/mol. The predicted molar refractivity (Wildman–Crippen MR) is 65.0 cm³/mol. The van der Waals surface area contributed by atoms with E-state index in [0.717, 1.165) is 29.9 Å². The van der Waals surface area contributed by atoms with Gasteiger partial charge >= 0.3 is 0 Å². The first-order valence-electron chi connectivity index (χ1n) is 5.47. The third-order valence-corrected chi connectivity index (χ3v) is 2.52. The molecule has 2 heterocycles. The molecule has 0 radical (unpaired) electrons. The zero-order chi connectivity index (χ0) is 12.1. The second-order valence-electron chi connectivity index (χ2n) is 3.92. The molecular weight excluding hydrogens is 216 g/mol. The van der Waals surface area contributed by atoms with Gasteiger partial charge in [-0.1, -0.05) is 0 Å². The van der Waals surface area contributed by atoms with Crippen LogP contribution < -0.4 is 5.73 Å². The Bertz CT molecular complexity index is 452. The van der Waals surface area contributed by atoms with Gasteiger partial charge < -0.3 is 10.6 Å². The second kappa shape index (κ2) is 5.51. The van der Waals surface area contributed by atoms with Crippen molar-refractivity contribution < 1.29 is 0 Å². The van der Waals surface area contributed by atoms with Crippen molar-refractivity contribution >= 4 is 0 Å². The molecule has 6 nitrogen and oxygen atoms in total. The van der Waals surface area contributed by atoms with Gasteiger partial charge in [0.15, 0.2) is 0 Å². The largest absolute Gasteiger partial charge is 0.329 e. The van der Waals surface area contributed by atoms with E-state index < -0.39 is 0 Å². The van der Waals surface area contributed by atoms with Gasteiger partial charge in [-0.05, 0) is 7.05 Å². The summed E-state index contributed by atoms with van der Waals surface area (Å²) in [5.74, 6) is 0. The number of hydrogen-bond acceptors (Lipinski definition) is 5. The predicted octanol–water partition coefficient (Wildman–Crippen LogP) is 0.257. The third kappa shape index (κ3) is 2.86. The molecule has 3 N–H and O–H groups in total. The van der Waals surface area contributed by atoms with Crippen LogP contribution in [0.4, 0.5) is 0 Å². The molecule has 0 aromatic carbocycles. The Kier molecular flexibility index (Phi) is 3.79. The number of hydrogen-bond donors (Lipinski definition) is 2. The van der Waals surface area contributed by atoms with Crippen molar-refractivity contribution in [3.63, 3.8) is 0 Å². The van der Waals surface area contributed by atoms with E-state index in [2.05, 4.69) is 25.1 Å². The van der Waals surface area contributed by atoms with Crippen molar-refractivity contribution in [2.75, 3.05) is 20.1 Å². The molecule has 17 heavy (non-hydrogen) atoms. The molecule has 0 amide bonds. The van der Waals surface area contributed by atoms with Gasteiger partial charge in [0, 0.05) is 43.2 Å². The fraction of sp³-hybridized carbons (Fsp3) is 0.364. The number of nitrogens with two attached hydrogens (primary N) is 1. The lowest BCUT2D eigenvalue weighted by Crippen LogP contribution is -2.25. The molecule has 0 aliphatic heterocycles. The van der Waals surface area contributed by atoms with Crippen LogP contribution in [-0.2, 0) is 6.54 Å². The van der Waals surface area contributed by atoms with E-state index in [4.69, 9.17) is 5.73 Å². The number of H-pyrrole nitrogens is 1. The summed E-state index contributed by atoms with van der Waals surface area (Å²) in [5.41, 5.74) is 8.56. The van der Waals surface area contributed by atoms with Crippen LogP contribution in [0.1, 0.15) is 5.56 Å². The van der Waals surface area contributed by atoms with Crippen LogP contribution in [0, 0.1) is 0 Å². The maximum Gasteiger partial charge on any atom is 0.115 e. The minimum Gasteiger partial charge on any atom is -0.329 e. The van der Waals surface area contributed by atoms with E-state index in [-0.39, 0.29) is 0 Å². The number of likely N-dealkylation sites (N-methyl/N-ethyl adjacent to an activating group) is 1. The molecule has 90 valence electrons. The Balaban J connectivity index is 2.18. The first kappa shape index (κ1) is 11.7. The molecule has 2 aromatic heterocycles. The van der Waals surface area contributed by atoms with Crippen molar-refractivity contribution in [2.24, 2.45) is 5.73 Å². The SMILES string of the molecule is CN(CCN)Cc1cn[nH]c1-c1cncnc1. The Morgan fingerprint density at radius 3 is 2.76 bits per heavy atom. The van der Waals surface area contributed by atoms with E-state index in [1.54, 1.807) is 12.4 Å². The normalized spacial score (nSPS) is 11.0. The zero-order valence-corrected chi connectivity index (χ0v) is 9.80. The fourth-order valence-electron chi connectivity index (χ4n) is 1.70. The number of nitrogens with zero attached hydrogens (tertiary/aromatic N) is 4.